The summed E-state index contributed by atoms with van der Waals surface area (Å²) in [6.07, 6.45) is 6.15. The summed E-state index contributed by atoms with van der Waals surface area (Å²) in [7, 11) is 0. The van der Waals surface area contributed by atoms with Crippen molar-refractivity contribution in [2.45, 2.75) is 45.1 Å². The lowest BCUT2D eigenvalue weighted by Gasteiger charge is -2.36. The Morgan fingerprint density at radius 3 is 2.68 bits per heavy atom. The molecule has 0 heterocycles. The number of aliphatic hydroxyl groups is 1. The summed E-state index contributed by atoms with van der Waals surface area (Å²) in [5, 5.41) is 13.3. The van der Waals surface area contributed by atoms with E-state index in [1.165, 1.54) is 24.8 Å². The smallest absolute Gasteiger partial charge is 0.0499 e. The Bertz CT molecular complexity index is 401. The van der Waals surface area contributed by atoms with Gasteiger partial charge >= 0.3 is 0 Å². The van der Waals surface area contributed by atoms with E-state index in [-0.39, 0.29) is 5.41 Å². The van der Waals surface area contributed by atoms with Crippen LogP contribution in [0.3, 0.4) is 0 Å². The lowest BCUT2D eigenvalue weighted by atomic mass is 9.74. The fraction of sp³-hybridized carbons (Fsp3) is 0.625. The molecule has 1 aromatic rings. The molecule has 0 unspecified atom stereocenters. The van der Waals surface area contributed by atoms with E-state index >= 15 is 0 Å². The van der Waals surface area contributed by atoms with E-state index in [4.69, 9.17) is 0 Å². The number of rotatable bonds is 5. The molecule has 2 rings (SSSR count). The summed E-state index contributed by atoms with van der Waals surface area (Å²) in [6.45, 7) is 3.41. The van der Waals surface area contributed by atoms with Gasteiger partial charge in [0.15, 0.2) is 0 Å². The molecule has 0 radical (unpaired) electrons. The van der Waals surface area contributed by atoms with Gasteiger partial charge in [-0.15, -0.1) is 0 Å². The van der Waals surface area contributed by atoms with Crippen LogP contribution in [0.15, 0.2) is 28.7 Å². The van der Waals surface area contributed by atoms with Crippen molar-refractivity contribution >= 4 is 15.9 Å². The van der Waals surface area contributed by atoms with Gasteiger partial charge in [0.1, 0.15) is 0 Å². The zero-order valence-electron chi connectivity index (χ0n) is 11.7. The molecule has 0 bridgehead atoms. The fourth-order valence-electron chi connectivity index (χ4n) is 2.96. The van der Waals surface area contributed by atoms with Crippen LogP contribution in [0.1, 0.15) is 50.6 Å². The highest BCUT2D eigenvalue weighted by Gasteiger charge is 2.31. The van der Waals surface area contributed by atoms with Gasteiger partial charge in [-0.2, -0.15) is 0 Å². The van der Waals surface area contributed by atoms with Crippen molar-refractivity contribution in [1.82, 2.24) is 5.32 Å². The fourth-order valence-corrected chi connectivity index (χ4v) is 3.37. The summed E-state index contributed by atoms with van der Waals surface area (Å²) < 4.78 is 1.12. The van der Waals surface area contributed by atoms with Crippen LogP contribution < -0.4 is 5.32 Å². The minimum atomic E-state index is 0.110. The minimum absolute atomic E-state index is 0.110. The van der Waals surface area contributed by atoms with Gasteiger partial charge < -0.3 is 10.4 Å². The number of benzene rings is 1. The van der Waals surface area contributed by atoms with Gasteiger partial charge in [-0.05, 0) is 37.5 Å². The molecule has 106 valence electrons. The van der Waals surface area contributed by atoms with Gasteiger partial charge in [0, 0.05) is 29.1 Å². The number of nitrogens with one attached hydrogen (secondary N) is 1. The van der Waals surface area contributed by atoms with Crippen LogP contribution in [0.5, 0.6) is 0 Å². The highest BCUT2D eigenvalue weighted by atomic mass is 79.9. The molecule has 2 nitrogen and oxygen atoms in total. The molecule has 0 spiro atoms. The van der Waals surface area contributed by atoms with Gasteiger partial charge in [0.25, 0.3) is 0 Å². The molecule has 3 heteroatoms. The van der Waals surface area contributed by atoms with Gasteiger partial charge in [0.05, 0.1) is 0 Å². The molecule has 0 amide bonds. The van der Waals surface area contributed by atoms with Crippen LogP contribution in [0.2, 0.25) is 0 Å². The summed E-state index contributed by atoms with van der Waals surface area (Å²) in [4.78, 5) is 0. The van der Waals surface area contributed by atoms with Crippen LogP contribution in [-0.2, 0) is 0 Å². The predicted octanol–water partition coefficient (Wildman–Crippen LogP) is 4.04. The third kappa shape index (κ3) is 4.04. The van der Waals surface area contributed by atoms with Crippen LogP contribution in [0, 0.1) is 5.41 Å². The molecule has 0 aromatic heterocycles. The molecular weight excluding hydrogens is 302 g/mol. The van der Waals surface area contributed by atoms with Crippen molar-refractivity contribution in [3.63, 3.8) is 0 Å². The minimum Gasteiger partial charge on any atom is -0.396 e. The predicted molar refractivity (Wildman–Crippen MR) is 83.2 cm³/mol. The Morgan fingerprint density at radius 1 is 1.32 bits per heavy atom. The highest BCUT2D eigenvalue weighted by molar-refractivity contribution is 9.10. The first kappa shape index (κ1) is 15.0. The number of hydrogen-bond donors (Lipinski definition) is 2. The van der Waals surface area contributed by atoms with Gasteiger partial charge in [0.2, 0.25) is 0 Å². The van der Waals surface area contributed by atoms with Gasteiger partial charge in [-0.25, -0.2) is 0 Å². The van der Waals surface area contributed by atoms with Crippen LogP contribution in [-0.4, -0.2) is 18.3 Å². The number of aliphatic hydroxyl groups excluding tert-OH is 1. The van der Waals surface area contributed by atoms with Crippen LogP contribution in [0.25, 0.3) is 0 Å². The summed E-state index contributed by atoms with van der Waals surface area (Å²) >= 11 is 3.51. The Hall–Kier alpha value is -0.380. The zero-order valence-corrected chi connectivity index (χ0v) is 13.2. The molecule has 2 N–H and O–H groups in total. The molecule has 1 aliphatic carbocycles. The van der Waals surface area contributed by atoms with Crippen molar-refractivity contribution in [2.75, 3.05) is 13.2 Å². The third-order valence-corrected chi connectivity index (χ3v) is 4.87. The second kappa shape index (κ2) is 6.87. The Labute approximate surface area is 124 Å². The lowest BCUT2D eigenvalue weighted by Crippen LogP contribution is -2.39. The number of halogens is 1. The normalized spacial score (nSPS) is 20.2. The molecule has 0 saturated heterocycles. The second-order valence-electron chi connectivity index (χ2n) is 5.88. The average molecular weight is 326 g/mol. The zero-order chi connectivity index (χ0) is 13.7. The monoisotopic (exact) mass is 325 g/mol. The molecule has 1 atom stereocenters. The molecule has 19 heavy (non-hydrogen) atoms. The average Bonchev–Trinajstić information content (AvgIpc) is 2.46. The Morgan fingerprint density at radius 2 is 2.05 bits per heavy atom. The first-order valence-electron chi connectivity index (χ1n) is 7.25. The lowest BCUT2D eigenvalue weighted by molar-refractivity contribution is 0.0789. The molecule has 1 fully saturated rings. The standard InChI is InChI=1S/C16H24BrNO/c1-13(14-6-5-7-15(17)10-14)18-11-16(12-19)8-3-2-4-9-16/h5-7,10,13,18-19H,2-4,8-9,11-12H2,1H3/t13-/m1/s1. The topological polar surface area (TPSA) is 32.3 Å². The summed E-state index contributed by atoms with van der Waals surface area (Å²) in [6, 6.07) is 8.74. The van der Waals surface area contributed by atoms with Gasteiger partial charge in [-0.3, -0.25) is 0 Å². The second-order valence-corrected chi connectivity index (χ2v) is 6.79. The van der Waals surface area contributed by atoms with E-state index in [0.717, 1.165) is 23.9 Å². The third-order valence-electron chi connectivity index (χ3n) is 4.38. The molecule has 1 aromatic carbocycles. The van der Waals surface area contributed by atoms with Crippen molar-refractivity contribution in [3.05, 3.63) is 34.3 Å². The summed E-state index contributed by atoms with van der Waals surface area (Å²) in [5.41, 5.74) is 1.40. The maximum Gasteiger partial charge on any atom is 0.0499 e. The molecule has 1 aliphatic rings. The van der Waals surface area contributed by atoms with Gasteiger partial charge in [-0.1, -0.05) is 47.3 Å². The van der Waals surface area contributed by atoms with E-state index in [1.807, 2.05) is 6.07 Å². The molecule has 0 aliphatic heterocycles. The van der Waals surface area contributed by atoms with Crippen molar-refractivity contribution in [2.24, 2.45) is 5.41 Å². The van der Waals surface area contributed by atoms with Crippen LogP contribution >= 0.6 is 15.9 Å². The van der Waals surface area contributed by atoms with Crippen molar-refractivity contribution < 1.29 is 5.11 Å². The SMILES string of the molecule is C[C@@H](NCC1(CO)CCCCC1)c1cccc(Br)c1. The largest absolute Gasteiger partial charge is 0.396 e. The van der Waals surface area contributed by atoms with Crippen molar-refractivity contribution in [1.29, 1.82) is 0 Å². The van der Waals surface area contributed by atoms with Crippen LogP contribution in [0.4, 0.5) is 0 Å². The Kier molecular flexibility index (Phi) is 5.43. The van der Waals surface area contributed by atoms with E-state index in [9.17, 15) is 5.11 Å². The summed E-state index contributed by atoms with van der Waals surface area (Å²) in [5.74, 6) is 0. The first-order chi connectivity index (χ1) is 9.15. The maximum absolute atomic E-state index is 9.72. The van der Waals surface area contributed by atoms with E-state index in [2.05, 4.69) is 46.4 Å². The van der Waals surface area contributed by atoms with E-state index < -0.39 is 0 Å². The van der Waals surface area contributed by atoms with Crippen molar-refractivity contribution in [3.8, 4) is 0 Å². The molecule has 1 saturated carbocycles. The van der Waals surface area contributed by atoms with E-state index in [0.29, 0.717) is 12.6 Å². The quantitative estimate of drug-likeness (QED) is 0.856. The maximum atomic E-state index is 9.72. The number of hydrogen-bond acceptors (Lipinski definition) is 2. The first-order valence-corrected chi connectivity index (χ1v) is 8.04. The Balaban J connectivity index is 1.93. The molecular formula is C16H24BrNO. The highest BCUT2D eigenvalue weighted by Crippen LogP contribution is 2.35. The van der Waals surface area contributed by atoms with E-state index in [1.54, 1.807) is 0 Å².